The highest BCUT2D eigenvalue weighted by atomic mass is 14.9. The summed E-state index contributed by atoms with van der Waals surface area (Å²) in [5, 5.41) is 12.9. The molecule has 2 aromatic carbocycles. The highest BCUT2D eigenvalue weighted by Crippen LogP contribution is 2.25. The number of nitriles is 1. The van der Waals surface area contributed by atoms with Gasteiger partial charge in [-0.1, -0.05) is 75.4 Å². The molecule has 0 radical (unpaired) electrons. The van der Waals surface area contributed by atoms with Gasteiger partial charge in [0.25, 0.3) is 0 Å². The second kappa shape index (κ2) is 6.77. The number of hydrogen-bond acceptors (Lipinski definition) is 2. The Morgan fingerprint density at radius 2 is 1.50 bits per heavy atom. The average Bonchev–Trinajstić information content (AvgIpc) is 2.52. The predicted octanol–water partition coefficient (Wildman–Crippen LogP) is 4.90. The Balaban J connectivity index is 2.14. The highest BCUT2D eigenvalue weighted by Gasteiger charge is 2.17. The molecule has 0 aliphatic rings. The Hall–Kier alpha value is -2.11. The van der Waals surface area contributed by atoms with Crippen molar-refractivity contribution in [1.29, 1.82) is 5.26 Å². The SMILES string of the molecule is C[C@@H](N[C@@H](C#N)c1ccc(C(C)(C)C)cc1)c1ccccc1. The molecule has 114 valence electrons. The average molecular weight is 292 g/mol. The van der Waals surface area contributed by atoms with Crippen molar-refractivity contribution in [2.24, 2.45) is 0 Å². The Kier molecular flexibility index (Phi) is 5.00. The van der Waals surface area contributed by atoms with Crippen LogP contribution >= 0.6 is 0 Å². The summed E-state index contributed by atoms with van der Waals surface area (Å²) < 4.78 is 0. The fraction of sp³-hybridized carbons (Fsp3) is 0.350. The van der Waals surface area contributed by atoms with Gasteiger partial charge >= 0.3 is 0 Å². The predicted molar refractivity (Wildman–Crippen MR) is 91.5 cm³/mol. The van der Waals surface area contributed by atoms with Gasteiger partial charge in [-0.3, -0.25) is 5.32 Å². The molecule has 22 heavy (non-hydrogen) atoms. The fourth-order valence-corrected chi connectivity index (χ4v) is 2.47. The number of hydrogen-bond donors (Lipinski definition) is 1. The summed E-state index contributed by atoms with van der Waals surface area (Å²) in [5.74, 6) is 0. The molecular weight excluding hydrogens is 268 g/mol. The molecule has 0 amide bonds. The molecule has 0 saturated carbocycles. The second-order valence-corrected chi connectivity index (χ2v) is 6.73. The minimum atomic E-state index is -0.302. The molecule has 0 fully saturated rings. The maximum Gasteiger partial charge on any atom is 0.121 e. The zero-order chi connectivity index (χ0) is 16.2. The second-order valence-electron chi connectivity index (χ2n) is 6.73. The van der Waals surface area contributed by atoms with Crippen molar-refractivity contribution in [2.45, 2.75) is 45.2 Å². The summed E-state index contributed by atoms with van der Waals surface area (Å²) >= 11 is 0. The van der Waals surface area contributed by atoms with Crippen LogP contribution in [-0.2, 0) is 5.41 Å². The Morgan fingerprint density at radius 3 is 2.00 bits per heavy atom. The quantitative estimate of drug-likeness (QED) is 0.870. The van der Waals surface area contributed by atoms with Gasteiger partial charge in [-0.15, -0.1) is 0 Å². The standard InChI is InChI=1S/C20H24N2/c1-15(16-8-6-5-7-9-16)22-19(14-21)17-10-12-18(13-11-17)20(2,3)4/h5-13,15,19,22H,1-4H3/t15-,19+/m1/s1. The van der Waals surface area contributed by atoms with Crippen molar-refractivity contribution in [1.82, 2.24) is 5.32 Å². The van der Waals surface area contributed by atoms with Gasteiger partial charge in [-0.2, -0.15) is 5.26 Å². The first kappa shape index (κ1) is 16.3. The molecule has 0 spiro atoms. The third-order valence-electron chi connectivity index (χ3n) is 3.96. The summed E-state index contributed by atoms with van der Waals surface area (Å²) in [6.07, 6.45) is 0. The largest absolute Gasteiger partial charge is 0.292 e. The van der Waals surface area contributed by atoms with E-state index in [0.717, 1.165) is 5.56 Å². The molecule has 2 rings (SSSR count). The van der Waals surface area contributed by atoms with Crippen LogP contribution in [-0.4, -0.2) is 0 Å². The molecule has 2 atom stereocenters. The summed E-state index contributed by atoms with van der Waals surface area (Å²) in [6, 6.07) is 20.7. The van der Waals surface area contributed by atoms with Crippen LogP contribution in [0.1, 0.15) is 56.5 Å². The van der Waals surface area contributed by atoms with Crippen molar-refractivity contribution in [3.8, 4) is 6.07 Å². The molecule has 0 bridgehead atoms. The smallest absolute Gasteiger partial charge is 0.121 e. The molecule has 2 nitrogen and oxygen atoms in total. The minimum absolute atomic E-state index is 0.130. The van der Waals surface area contributed by atoms with E-state index in [1.807, 2.05) is 18.2 Å². The van der Waals surface area contributed by atoms with Crippen molar-refractivity contribution < 1.29 is 0 Å². The molecular formula is C20H24N2. The maximum absolute atomic E-state index is 9.49. The van der Waals surface area contributed by atoms with E-state index in [-0.39, 0.29) is 17.5 Å². The number of nitrogens with one attached hydrogen (secondary N) is 1. The maximum atomic E-state index is 9.49. The highest BCUT2D eigenvalue weighted by molar-refractivity contribution is 5.32. The molecule has 0 aliphatic carbocycles. The molecule has 2 heteroatoms. The number of rotatable bonds is 4. The van der Waals surface area contributed by atoms with Crippen LogP contribution in [0.2, 0.25) is 0 Å². The molecule has 0 aliphatic heterocycles. The number of nitrogens with zero attached hydrogens (tertiary/aromatic N) is 1. The van der Waals surface area contributed by atoms with E-state index in [1.54, 1.807) is 0 Å². The molecule has 0 aromatic heterocycles. The van der Waals surface area contributed by atoms with Crippen molar-refractivity contribution in [3.05, 3.63) is 71.3 Å². The lowest BCUT2D eigenvalue weighted by molar-refractivity contribution is 0.532. The molecule has 0 heterocycles. The van der Waals surface area contributed by atoms with Crippen LogP contribution in [0.3, 0.4) is 0 Å². The lowest BCUT2D eigenvalue weighted by Gasteiger charge is -2.22. The third-order valence-corrected chi connectivity index (χ3v) is 3.96. The molecule has 0 saturated heterocycles. The first-order valence-electron chi connectivity index (χ1n) is 7.73. The molecule has 1 N–H and O–H groups in total. The zero-order valence-electron chi connectivity index (χ0n) is 13.8. The van der Waals surface area contributed by atoms with Gasteiger partial charge < -0.3 is 0 Å². The van der Waals surface area contributed by atoms with E-state index < -0.39 is 0 Å². The van der Waals surface area contributed by atoms with Gasteiger partial charge in [-0.25, -0.2) is 0 Å². The molecule has 0 unspecified atom stereocenters. The van der Waals surface area contributed by atoms with E-state index in [1.165, 1.54) is 11.1 Å². The fourth-order valence-electron chi connectivity index (χ4n) is 2.47. The summed E-state index contributed by atoms with van der Waals surface area (Å²) in [5.41, 5.74) is 3.61. The lowest BCUT2D eigenvalue weighted by Crippen LogP contribution is -2.23. The summed E-state index contributed by atoms with van der Waals surface area (Å²) in [4.78, 5) is 0. The Bertz CT molecular complexity index is 630. The van der Waals surface area contributed by atoms with E-state index in [4.69, 9.17) is 0 Å². The minimum Gasteiger partial charge on any atom is -0.292 e. The topological polar surface area (TPSA) is 35.8 Å². The van der Waals surface area contributed by atoms with Crippen LogP contribution in [0.4, 0.5) is 0 Å². The Morgan fingerprint density at radius 1 is 0.909 bits per heavy atom. The van der Waals surface area contributed by atoms with Crippen LogP contribution in [0, 0.1) is 11.3 Å². The van der Waals surface area contributed by atoms with E-state index in [2.05, 4.69) is 75.5 Å². The van der Waals surface area contributed by atoms with Crippen molar-refractivity contribution >= 4 is 0 Å². The lowest BCUT2D eigenvalue weighted by atomic mass is 9.86. The van der Waals surface area contributed by atoms with E-state index in [9.17, 15) is 5.26 Å². The third kappa shape index (κ3) is 3.96. The van der Waals surface area contributed by atoms with Crippen LogP contribution in [0.25, 0.3) is 0 Å². The molecule has 2 aromatic rings. The Labute approximate surface area is 133 Å². The normalized spacial score (nSPS) is 14.1. The van der Waals surface area contributed by atoms with Crippen molar-refractivity contribution in [3.63, 3.8) is 0 Å². The number of benzene rings is 2. The first-order valence-corrected chi connectivity index (χ1v) is 7.73. The van der Waals surface area contributed by atoms with Crippen LogP contribution in [0.5, 0.6) is 0 Å². The van der Waals surface area contributed by atoms with Gasteiger partial charge in [0.1, 0.15) is 6.04 Å². The van der Waals surface area contributed by atoms with Gasteiger partial charge in [0.15, 0.2) is 0 Å². The van der Waals surface area contributed by atoms with Gasteiger partial charge in [0.2, 0.25) is 0 Å². The van der Waals surface area contributed by atoms with Crippen molar-refractivity contribution in [2.75, 3.05) is 0 Å². The first-order chi connectivity index (χ1) is 10.4. The van der Waals surface area contributed by atoms with Gasteiger partial charge in [-0.05, 0) is 29.0 Å². The van der Waals surface area contributed by atoms with E-state index >= 15 is 0 Å². The summed E-state index contributed by atoms with van der Waals surface area (Å²) in [7, 11) is 0. The van der Waals surface area contributed by atoms with E-state index in [0.29, 0.717) is 0 Å². The monoisotopic (exact) mass is 292 g/mol. The van der Waals surface area contributed by atoms with Crippen LogP contribution < -0.4 is 5.32 Å². The van der Waals surface area contributed by atoms with Gasteiger partial charge in [0.05, 0.1) is 6.07 Å². The van der Waals surface area contributed by atoms with Gasteiger partial charge in [0, 0.05) is 6.04 Å². The summed E-state index contributed by atoms with van der Waals surface area (Å²) in [6.45, 7) is 8.67. The zero-order valence-corrected chi connectivity index (χ0v) is 13.8. The van der Waals surface area contributed by atoms with Crippen LogP contribution in [0.15, 0.2) is 54.6 Å².